The Morgan fingerprint density at radius 2 is 1.78 bits per heavy atom. The van der Waals surface area contributed by atoms with Gasteiger partial charge in [-0.3, -0.25) is 0 Å². The van der Waals surface area contributed by atoms with Crippen LogP contribution < -0.4 is 4.74 Å². The van der Waals surface area contributed by atoms with Crippen molar-refractivity contribution in [1.82, 2.24) is 0 Å². The first kappa shape index (κ1) is 17.1. The zero-order valence-electron chi connectivity index (χ0n) is 11.8. The van der Waals surface area contributed by atoms with Crippen LogP contribution in [0.5, 0.6) is 5.75 Å². The van der Waals surface area contributed by atoms with E-state index in [9.17, 15) is 9.18 Å². The molecule has 0 atom stereocenters. The van der Waals surface area contributed by atoms with Crippen LogP contribution in [0.3, 0.4) is 0 Å². The van der Waals surface area contributed by atoms with Crippen LogP contribution >= 0.6 is 23.2 Å². The van der Waals surface area contributed by atoms with E-state index >= 15 is 0 Å². The van der Waals surface area contributed by atoms with Crippen LogP contribution in [0.25, 0.3) is 0 Å². The summed E-state index contributed by atoms with van der Waals surface area (Å²) in [6.07, 6.45) is 5.02. The Labute approximate surface area is 142 Å². The summed E-state index contributed by atoms with van der Waals surface area (Å²) in [5.74, 6) is 1.46. The van der Waals surface area contributed by atoms with Gasteiger partial charge >= 0.3 is 5.97 Å². The average Bonchev–Trinajstić information content (AvgIpc) is 2.53. The Kier molecular flexibility index (Phi) is 5.86. The van der Waals surface area contributed by atoms with Gasteiger partial charge in [-0.2, -0.15) is 0 Å². The van der Waals surface area contributed by atoms with E-state index in [1.807, 2.05) is 0 Å². The molecule has 0 saturated carbocycles. The van der Waals surface area contributed by atoms with E-state index in [1.54, 1.807) is 12.1 Å². The molecule has 23 heavy (non-hydrogen) atoms. The zero-order valence-corrected chi connectivity index (χ0v) is 13.3. The van der Waals surface area contributed by atoms with Gasteiger partial charge in [0, 0.05) is 0 Å². The quantitative estimate of drug-likeness (QED) is 0.586. The van der Waals surface area contributed by atoms with Gasteiger partial charge in [-0.1, -0.05) is 41.3 Å². The van der Waals surface area contributed by atoms with Gasteiger partial charge in [0.05, 0.1) is 15.6 Å². The smallest absolute Gasteiger partial charge is 0.339 e. The largest absolute Gasteiger partial charge is 0.486 e. The third kappa shape index (κ3) is 4.62. The molecule has 6 heteroatoms. The fourth-order valence-corrected chi connectivity index (χ4v) is 2.34. The lowest BCUT2D eigenvalue weighted by molar-refractivity contribution is 0.0556. The first-order valence-electron chi connectivity index (χ1n) is 6.48. The predicted octanol–water partition coefficient (Wildman–Crippen LogP) is 4.50. The van der Waals surface area contributed by atoms with E-state index in [0.717, 1.165) is 5.56 Å². The minimum Gasteiger partial charge on any atom is -0.486 e. The molecule has 2 rings (SSSR count). The number of halogens is 3. The van der Waals surface area contributed by atoms with Gasteiger partial charge in [0.1, 0.15) is 12.4 Å². The molecular weight excluding hydrogens is 342 g/mol. The highest BCUT2D eigenvalue weighted by Gasteiger charge is 2.15. The van der Waals surface area contributed by atoms with Crippen molar-refractivity contribution in [3.63, 3.8) is 0 Å². The topological polar surface area (TPSA) is 35.5 Å². The molecule has 3 nitrogen and oxygen atoms in total. The Morgan fingerprint density at radius 3 is 2.35 bits per heavy atom. The molecule has 2 aromatic rings. The fourth-order valence-electron chi connectivity index (χ4n) is 1.74. The first-order valence-corrected chi connectivity index (χ1v) is 7.23. The van der Waals surface area contributed by atoms with E-state index < -0.39 is 5.97 Å². The van der Waals surface area contributed by atoms with Gasteiger partial charge in [-0.25, -0.2) is 9.18 Å². The summed E-state index contributed by atoms with van der Waals surface area (Å²) < 4.78 is 23.2. The third-order valence-electron chi connectivity index (χ3n) is 2.82. The maximum absolute atomic E-state index is 12.8. The molecule has 0 unspecified atom stereocenters. The predicted molar refractivity (Wildman–Crippen MR) is 86.3 cm³/mol. The number of benzene rings is 2. The summed E-state index contributed by atoms with van der Waals surface area (Å²) >= 11 is 12.2. The lowest BCUT2D eigenvalue weighted by Gasteiger charge is -2.11. The maximum Gasteiger partial charge on any atom is 0.339 e. The monoisotopic (exact) mass is 352 g/mol. The van der Waals surface area contributed by atoms with Crippen LogP contribution in [-0.2, 0) is 11.3 Å². The standard InChI is InChI=1S/C17H11Cl2FO3/c1-2-7-22-17(21)12-8-14(18)16(15(19)9-12)23-10-11-3-5-13(20)6-4-11/h1,3-6,8-9H,7,10H2. The van der Waals surface area contributed by atoms with E-state index in [4.69, 9.17) is 39.1 Å². The minimum atomic E-state index is -0.628. The van der Waals surface area contributed by atoms with Crippen molar-refractivity contribution < 1.29 is 18.7 Å². The van der Waals surface area contributed by atoms with Crippen LogP contribution in [0.2, 0.25) is 10.0 Å². The van der Waals surface area contributed by atoms with Crippen LogP contribution in [0.15, 0.2) is 36.4 Å². The van der Waals surface area contributed by atoms with E-state index in [0.29, 0.717) is 0 Å². The first-order chi connectivity index (χ1) is 11.0. The van der Waals surface area contributed by atoms with Crippen molar-refractivity contribution in [2.45, 2.75) is 6.61 Å². The van der Waals surface area contributed by atoms with Gasteiger partial charge < -0.3 is 9.47 Å². The van der Waals surface area contributed by atoms with E-state index in [-0.39, 0.29) is 40.4 Å². The molecule has 0 aliphatic carbocycles. The van der Waals surface area contributed by atoms with Crippen LogP contribution in [0.4, 0.5) is 4.39 Å². The highest BCUT2D eigenvalue weighted by molar-refractivity contribution is 6.37. The molecule has 0 saturated heterocycles. The Morgan fingerprint density at radius 1 is 1.17 bits per heavy atom. The molecule has 0 fully saturated rings. The molecule has 118 valence electrons. The highest BCUT2D eigenvalue weighted by atomic mass is 35.5. The van der Waals surface area contributed by atoms with Gasteiger partial charge in [0.2, 0.25) is 0 Å². The van der Waals surface area contributed by atoms with Crippen molar-refractivity contribution in [3.05, 3.63) is 63.4 Å². The summed E-state index contributed by atoms with van der Waals surface area (Å²) in [6, 6.07) is 8.59. The number of terminal acetylenes is 1. The van der Waals surface area contributed by atoms with Crippen molar-refractivity contribution in [2.24, 2.45) is 0 Å². The Bertz CT molecular complexity index is 728. The average molecular weight is 353 g/mol. The van der Waals surface area contributed by atoms with Crippen LogP contribution in [0.1, 0.15) is 15.9 Å². The second kappa shape index (κ2) is 7.87. The molecule has 0 N–H and O–H groups in total. The summed E-state index contributed by atoms with van der Waals surface area (Å²) in [5, 5.41) is 0.319. The molecule has 0 aromatic heterocycles. The fraction of sp³-hybridized carbons (Fsp3) is 0.118. The number of hydrogen-bond acceptors (Lipinski definition) is 3. The molecule has 0 heterocycles. The lowest BCUT2D eigenvalue weighted by Crippen LogP contribution is -2.06. The summed E-state index contributed by atoms with van der Waals surface area (Å²) in [6.45, 7) is 0.0114. The van der Waals surface area contributed by atoms with Gasteiger partial charge in [0.15, 0.2) is 12.4 Å². The van der Waals surface area contributed by atoms with E-state index in [1.165, 1.54) is 24.3 Å². The molecule has 0 radical (unpaired) electrons. The number of rotatable bonds is 5. The van der Waals surface area contributed by atoms with Crippen molar-refractivity contribution in [2.75, 3.05) is 6.61 Å². The zero-order chi connectivity index (χ0) is 16.8. The molecule has 0 aliphatic heterocycles. The molecule has 0 amide bonds. The second-order valence-electron chi connectivity index (χ2n) is 4.46. The van der Waals surface area contributed by atoms with Crippen LogP contribution in [-0.4, -0.2) is 12.6 Å². The molecule has 0 bridgehead atoms. The Hall–Kier alpha value is -2.22. The van der Waals surface area contributed by atoms with Gasteiger partial charge in [0.25, 0.3) is 0 Å². The minimum absolute atomic E-state index is 0.142. The van der Waals surface area contributed by atoms with Crippen molar-refractivity contribution >= 4 is 29.2 Å². The van der Waals surface area contributed by atoms with Gasteiger partial charge in [-0.15, -0.1) is 6.42 Å². The number of hydrogen-bond donors (Lipinski definition) is 0. The van der Waals surface area contributed by atoms with Crippen molar-refractivity contribution in [1.29, 1.82) is 0 Å². The summed E-state index contributed by atoms with van der Waals surface area (Å²) in [7, 11) is 0. The van der Waals surface area contributed by atoms with E-state index in [2.05, 4.69) is 5.92 Å². The number of carbonyl (C=O) groups excluding carboxylic acids is 1. The highest BCUT2D eigenvalue weighted by Crippen LogP contribution is 2.35. The lowest BCUT2D eigenvalue weighted by atomic mass is 10.2. The third-order valence-corrected chi connectivity index (χ3v) is 3.38. The summed E-state index contributed by atoms with van der Waals surface area (Å²) in [5.41, 5.74) is 0.917. The summed E-state index contributed by atoms with van der Waals surface area (Å²) in [4.78, 5) is 11.7. The van der Waals surface area contributed by atoms with Gasteiger partial charge in [-0.05, 0) is 29.8 Å². The number of esters is 1. The SMILES string of the molecule is C#CCOC(=O)c1cc(Cl)c(OCc2ccc(F)cc2)c(Cl)c1. The second-order valence-corrected chi connectivity index (χ2v) is 5.28. The normalized spacial score (nSPS) is 10.0. The Balaban J connectivity index is 2.12. The molecule has 0 aliphatic rings. The maximum atomic E-state index is 12.8. The number of ether oxygens (including phenoxy) is 2. The van der Waals surface area contributed by atoms with Crippen LogP contribution in [0, 0.1) is 18.2 Å². The molecular formula is C17H11Cl2FO3. The van der Waals surface area contributed by atoms with Crippen molar-refractivity contribution in [3.8, 4) is 18.1 Å². The number of carbonyl (C=O) groups is 1. The molecule has 0 spiro atoms. The molecule has 2 aromatic carbocycles.